The van der Waals surface area contributed by atoms with Gasteiger partial charge in [0.25, 0.3) is 0 Å². The quantitative estimate of drug-likeness (QED) is 0.868. The summed E-state index contributed by atoms with van der Waals surface area (Å²) in [7, 11) is 0. The number of rotatable bonds is 5. The molecule has 0 amide bonds. The molecule has 0 spiro atoms. The Kier molecular flexibility index (Phi) is 8.33. The highest BCUT2D eigenvalue weighted by Gasteiger charge is 2.11. The highest BCUT2D eigenvalue weighted by Crippen LogP contribution is 2.17. The minimum absolute atomic E-state index is 0. The Labute approximate surface area is 135 Å². The number of aliphatic hydroxyl groups is 1. The fraction of sp³-hybridized carbons (Fsp3) is 0.462. The maximum atomic E-state index is 8.78. The zero-order valence-electron chi connectivity index (χ0n) is 11.1. The Morgan fingerprint density at radius 1 is 1.35 bits per heavy atom. The molecule has 0 saturated heterocycles. The number of aliphatic imine (C=N–C) groups is 1. The van der Waals surface area contributed by atoms with Gasteiger partial charge in [0.05, 0.1) is 13.3 Å². The number of nitrogens with one attached hydrogen (secondary N) is 1. The lowest BCUT2D eigenvalue weighted by Crippen LogP contribution is -2.42. The molecule has 0 unspecified atom stereocenters. The summed E-state index contributed by atoms with van der Waals surface area (Å²) >= 11 is 7.55. The summed E-state index contributed by atoms with van der Waals surface area (Å²) in [5.41, 5.74) is 1.24. The first-order valence-electron chi connectivity index (χ1n) is 6.27. The lowest BCUT2D eigenvalue weighted by Gasteiger charge is -2.26. The predicted molar refractivity (Wildman–Crippen MR) is 88.7 cm³/mol. The first-order valence-corrected chi connectivity index (χ1v) is 7.63. The molecule has 7 heteroatoms. The third kappa shape index (κ3) is 5.89. The summed E-state index contributed by atoms with van der Waals surface area (Å²) in [6, 6.07) is 7.88. The zero-order chi connectivity index (χ0) is 13.5. The van der Waals surface area contributed by atoms with E-state index in [2.05, 4.69) is 15.2 Å². The molecular weight excluding hydrogens is 317 g/mol. The summed E-state index contributed by atoms with van der Waals surface area (Å²) in [6.07, 6.45) is 0.796. The van der Waals surface area contributed by atoms with Crippen LogP contribution < -0.4 is 5.32 Å². The van der Waals surface area contributed by atoms with Crippen LogP contribution >= 0.6 is 35.8 Å². The number of amidine groups is 1. The van der Waals surface area contributed by atoms with Crippen LogP contribution in [0.4, 0.5) is 0 Å². The van der Waals surface area contributed by atoms with Crippen molar-refractivity contribution in [2.75, 3.05) is 26.5 Å². The predicted octanol–water partition coefficient (Wildman–Crippen LogP) is 2.55. The maximum Gasteiger partial charge on any atom is 0.159 e. The normalized spacial score (nSPS) is 15.2. The van der Waals surface area contributed by atoms with Crippen molar-refractivity contribution in [3.63, 3.8) is 0 Å². The van der Waals surface area contributed by atoms with E-state index >= 15 is 0 Å². The fourth-order valence-electron chi connectivity index (χ4n) is 1.72. The van der Waals surface area contributed by atoms with Crippen LogP contribution in [-0.2, 0) is 5.75 Å². The Hall–Kier alpha value is -0.460. The van der Waals surface area contributed by atoms with Crippen molar-refractivity contribution in [2.24, 2.45) is 4.99 Å². The molecule has 0 aromatic heterocycles. The van der Waals surface area contributed by atoms with E-state index in [9.17, 15) is 0 Å². The Morgan fingerprint density at radius 3 is 2.70 bits per heavy atom. The third-order valence-corrected chi connectivity index (χ3v) is 4.07. The first kappa shape index (κ1) is 17.6. The van der Waals surface area contributed by atoms with E-state index in [0.717, 1.165) is 35.6 Å². The second kappa shape index (κ2) is 9.47. The Morgan fingerprint density at radius 2 is 2.10 bits per heavy atom. The van der Waals surface area contributed by atoms with Crippen molar-refractivity contribution in [3.05, 3.63) is 34.9 Å². The summed E-state index contributed by atoms with van der Waals surface area (Å²) in [6.45, 7) is 2.61. The van der Waals surface area contributed by atoms with Gasteiger partial charge in [-0.3, -0.25) is 4.90 Å². The molecule has 0 saturated carbocycles. The van der Waals surface area contributed by atoms with Crippen molar-refractivity contribution in [3.8, 4) is 0 Å². The van der Waals surface area contributed by atoms with Gasteiger partial charge in [-0.25, -0.2) is 4.99 Å². The SMILES string of the molecule is Cl.OCCCN1CN=C(SCc2ccc(Cl)cc2)NC1. The van der Waals surface area contributed by atoms with Crippen molar-refractivity contribution >= 4 is 40.9 Å². The van der Waals surface area contributed by atoms with E-state index in [0.29, 0.717) is 6.67 Å². The number of hydrogen-bond acceptors (Lipinski definition) is 5. The van der Waals surface area contributed by atoms with Crippen LogP contribution in [0.15, 0.2) is 29.3 Å². The van der Waals surface area contributed by atoms with Crippen LogP contribution in [0.5, 0.6) is 0 Å². The maximum absolute atomic E-state index is 8.78. The van der Waals surface area contributed by atoms with Gasteiger partial charge in [0.15, 0.2) is 5.17 Å². The lowest BCUT2D eigenvalue weighted by atomic mass is 10.2. The molecule has 0 atom stereocenters. The van der Waals surface area contributed by atoms with Gasteiger partial charge in [-0.1, -0.05) is 35.5 Å². The van der Waals surface area contributed by atoms with Gasteiger partial charge in [0.1, 0.15) is 0 Å². The third-order valence-electron chi connectivity index (χ3n) is 2.79. The first-order chi connectivity index (χ1) is 9.28. The molecule has 20 heavy (non-hydrogen) atoms. The van der Waals surface area contributed by atoms with Gasteiger partial charge in [0, 0.05) is 23.9 Å². The molecule has 1 aliphatic rings. The fourth-order valence-corrected chi connectivity index (χ4v) is 2.66. The zero-order valence-corrected chi connectivity index (χ0v) is 13.5. The Bertz CT molecular complexity index is 428. The molecule has 1 aliphatic heterocycles. The minimum Gasteiger partial charge on any atom is -0.396 e. The second-order valence-electron chi connectivity index (χ2n) is 4.33. The monoisotopic (exact) mass is 335 g/mol. The van der Waals surface area contributed by atoms with Gasteiger partial charge < -0.3 is 10.4 Å². The van der Waals surface area contributed by atoms with Crippen LogP contribution in [0.2, 0.25) is 5.02 Å². The van der Waals surface area contributed by atoms with Gasteiger partial charge in [-0.2, -0.15) is 0 Å². The average Bonchev–Trinajstić information content (AvgIpc) is 2.46. The second-order valence-corrected chi connectivity index (χ2v) is 5.73. The number of aliphatic hydroxyl groups excluding tert-OH is 1. The van der Waals surface area contributed by atoms with Gasteiger partial charge in [-0.05, 0) is 24.1 Å². The number of hydrogen-bond donors (Lipinski definition) is 2. The average molecular weight is 336 g/mol. The lowest BCUT2D eigenvalue weighted by molar-refractivity contribution is 0.220. The van der Waals surface area contributed by atoms with Crippen LogP contribution in [0.1, 0.15) is 12.0 Å². The smallest absolute Gasteiger partial charge is 0.159 e. The van der Waals surface area contributed by atoms with Crippen LogP contribution in [0.25, 0.3) is 0 Å². The molecule has 0 aliphatic carbocycles. The molecule has 4 nitrogen and oxygen atoms in total. The van der Waals surface area contributed by atoms with E-state index in [1.165, 1.54) is 5.56 Å². The topological polar surface area (TPSA) is 47.9 Å². The molecule has 112 valence electrons. The number of halogens is 2. The molecule has 1 aromatic carbocycles. The molecule has 2 rings (SSSR count). The van der Waals surface area contributed by atoms with Crippen molar-refractivity contribution in [1.82, 2.24) is 10.2 Å². The summed E-state index contributed by atoms with van der Waals surface area (Å²) < 4.78 is 0. The highest BCUT2D eigenvalue weighted by atomic mass is 35.5. The van der Waals surface area contributed by atoms with Crippen LogP contribution in [-0.4, -0.2) is 41.7 Å². The minimum atomic E-state index is 0. The van der Waals surface area contributed by atoms with Gasteiger partial charge >= 0.3 is 0 Å². The van der Waals surface area contributed by atoms with Crippen molar-refractivity contribution in [2.45, 2.75) is 12.2 Å². The molecular formula is C13H19Cl2N3OS. The van der Waals surface area contributed by atoms with Crippen LogP contribution in [0.3, 0.4) is 0 Å². The Balaban J connectivity index is 0.00000200. The number of benzene rings is 1. The van der Waals surface area contributed by atoms with E-state index < -0.39 is 0 Å². The van der Waals surface area contributed by atoms with E-state index in [1.54, 1.807) is 11.8 Å². The summed E-state index contributed by atoms with van der Waals surface area (Å²) in [4.78, 5) is 6.65. The largest absolute Gasteiger partial charge is 0.396 e. The van der Waals surface area contributed by atoms with E-state index in [1.807, 2.05) is 24.3 Å². The molecule has 0 radical (unpaired) electrons. The number of nitrogens with zero attached hydrogens (tertiary/aromatic N) is 2. The molecule has 0 bridgehead atoms. The summed E-state index contributed by atoms with van der Waals surface area (Å²) in [5, 5.41) is 13.8. The van der Waals surface area contributed by atoms with E-state index in [-0.39, 0.29) is 19.0 Å². The highest BCUT2D eigenvalue weighted by molar-refractivity contribution is 8.13. The van der Waals surface area contributed by atoms with Gasteiger partial charge in [0.2, 0.25) is 0 Å². The number of thioether (sulfide) groups is 1. The van der Waals surface area contributed by atoms with Crippen molar-refractivity contribution < 1.29 is 5.11 Å². The van der Waals surface area contributed by atoms with Gasteiger partial charge in [-0.15, -0.1) is 12.4 Å². The van der Waals surface area contributed by atoms with E-state index in [4.69, 9.17) is 16.7 Å². The standard InChI is InChI=1S/C13H18ClN3OS.ClH/c14-12-4-2-11(3-5-12)8-19-13-15-9-17(10-16-13)6-1-7-18;/h2-5,18H,1,6-10H2,(H,15,16);1H. The van der Waals surface area contributed by atoms with Crippen LogP contribution in [0, 0.1) is 0 Å². The summed E-state index contributed by atoms with van der Waals surface area (Å²) in [5.74, 6) is 0.889. The molecule has 2 N–H and O–H groups in total. The molecule has 0 fully saturated rings. The molecule has 1 aromatic rings. The van der Waals surface area contributed by atoms with Crippen molar-refractivity contribution in [1.29, 1.82) is 0 Å². The molecule has 1 heterocycles.